The Morgan fingerprint density at radius 1 is 1.16 bits per heavy atom. The number of halogens is 2. The van der Waals surface area contributed by atoms with Gasteiger partial charge < -0.3 is 14.2 Å². The normalized spacial score (nSPS) is 40.6. The van der Waals surface area contributed by atoms with E-state index in [1.54, 1.807) is 7.11 Å². The van der Waals surface area contributed by atoms with Crippen LogP contribution in [0.4, 0.5) is 8.78 Å². The molecule has 9 heteroatoms. The van der Waals surface area contributed by atoms with Gasteiger partial charge in [0.05, 0.1) is 17.8 Å². The van der Waals surface area contributed by atoms with Crippen LogP contribution in [0.25, 0.3) is 0 Å². The number of ether oxygens (including phenoxy) is 3. The molecular formula is C16H26F2O6S. The van der Waals surface area contributed by atoms with E-state index in [0.717, 1.165) is 25.7 Å². The maximum atomic E-state index is 13.4. The van der Waals surface area contributed by atoms with Crippen LogP contribution in [0.3, 0.4) is 0 Å². The topological polar surface area (TPSA) is 82.1 Å². The SMILES string of the molecule is CCOC12CC3CC(COCC(F)(F)S(=O)(=O)O)(CC(OC)(C3)C1)C2. The van der Waals surface area contributed by atoms with E-state index in [4.69, 9.17) is 18.8 Å². The Balaban J connectivity index is 1.75. The van der Waals surface area contributed by atoms with Gasteiger partial charge in [-0.1, -0.05) is 0 Å². The fourth-order valence-electron chi connectivity index (χ4n) is 5.77. The van der Waals surface area contributed by atoms with Crippen LogP contribution in [0, 0.1) is 11.3 Å². The molecule has 0 heterocycles. The van der Waals surface area contributed by atoms with Gasteiger partial charge in [0.2, 0.25) is 0 Å². The molecule has 0 aliphatic heterocycles. The van der Waals surface area contributed by atoms with E-state index in [1.165, 1.54) is 0 Å². The first kappa shape index (κ1) is 19.4. The van der Waals surface area contributed by atoms with Crippen molar-refractivity contribution in [3.8, 4) is 0 Å². The molecule has 0 saturated heterocycles. The minimum atomic E-state index is -5.48. The molecule has 146 valence electrons. The standard InChI is InChI=1S/C16H26F2O6S/c1-3-24-15-6-12-4-13(8-15,7-14(5-12,9-15)22-2)10-23-11-16(17,18)25(19,20)21/h12H,3-11H2,1-2H3,(H,19,20,21). The summed E-state index contributed by atoms with van der Waals surface area (Å²) < 4.78 is 73.9. The maximum absolute atomic E-state index is 13.4. The molecule has 4 saturated carbocycles. The van der Waals surface area contributed by atoms with E-state index in [-0.39, 0.29) is 23.2 Å². The van der Waals surface area contributed by atoms with Crippen molar-refractivity contribution >= 4 is 10.1 Å². The molecule has 4 atom stereocenters. The Hall–Kier alpha value is -0.350. The van der Waals surface area contributed by atoms with Crippen molar-refractivity contribution in [3.63, 3.8) is 0 Å². The van der Waals surface area contributed by atoms with Gasteiger partial charge >= 0.3 is 15.4 Å². The summed E-state index contributed by atoms with van der Waals surface area (Å²) in [6, 6.07) is 0. The highest BCUT2D eigenvalue weighted by molar-refractivity contribution is 7.86. The third-order valence-electron chi connectivity index (χ3n) is 6.02. The van der Waals surface area contributed by atoms with Gasteiger partial charge in [-0.15, -0.1) is 0 Å². The van der Waals surface area contributed by atoms with Gasteiger partial charge in [-0.2, -0.15) is 17.2 Å². The molecule has 0 spiro atoms. The Morgan fingerprint density at radius 3 is 2.40 bits per heavy atom. The zero-order chi connectivity index (χ0) is 18.6. The van der Waals surface area contributed by atoms with Crippen LogP contribution in [0.2, 0.25) is 0 Å². The van der Waals surface area contributed by atoms with Crippen molar-refractivity contribution in [2.24, 2.45) is 11.3 Å². The molecule has 0 amide bonds. The van der Waals surface area contributed by atoms with Crippen molar-refractivity contribution in [2.75, 3.05) is 26.9 Å². The van der Waals surface area contributed by atoms with Crippen LogP contribution in [0.15, 0.2) is 0 Å². The van der Waals surface area contributed by atoms with Crippen molar-refractivity contribution in [3.05, 3.63) is 0 Å². The lowest BCUT2D eigenvalue weighted by Crippen LogP contribution is -2.65. The van der Waals surface area contributed by atoms with Crippen LogP contribution >= 0.6 is 0 Å². The number of hydrogen-bond donors (Lipinski definition) is 1. The van der Waals surface area contributed by atoms with Gasteiger partial charge in [0.25, 0.3) is 0 Å². The first-order valence-electron chi connectivity index (χ1n) is 8.60. The highest BCUT2D eigenvalue weighted by atomic mass is 32.2. The molecule has 25 heavy (non-hydrogen) atoms. The Bertz CT molecular complexity index is 626. The number of hydrogen-bond acceptors (Lipinski definition) is 5. The van der Waals surface area contributed by atoms with Crippen LogP contribution in [0.1, 0.15) is 45.4 Å². The van der Waals surface area contributed by atoms with E-state index in [2.05, 4.69) is 0 Å². The molecule has 4 bridgehead atoms. The summed E-state index contributed by atoms with van der Waals surface area (Å²) in [6.07, 6.45) is 4.90. The number of methoxy groups -OCH3 is 1. The highest BCUT2D eigenvalue weighted by Crippen LogP contribution is 2.65. The summed E-state index contributed by atoms with van der Waals surface area (Å²) in [4.78, 5) is 0. The average Bonchev–Trinajstić information content (AvgIpc) is 2.44. The molecule has 4 aliphatic rings. The third kappa shape index (κ3) is 3.45. The van der Waals surface area contributed by atoms with Crippen molar-refractivity contribution in [1.29, 1.82) is 0 Å². The third-order valence-corrected chi connectivity index (χ3v) is 6.89. The second kappa shape index (κ2) is 6.09. The second-order valence-electron chi connectivity index (χ2n) is 8.12. The first-order valence-corrected chi connectivity index (χ1v) is 10.0. The lowest BCUT2D eigenvalue weighted by Gasteiger charge is -2.65. The zero-order valence-electron chi connectivity index (χ0n) is 14.6. The summed E-state index contributed by atoms with van der Waals surface area (Å²) in [7, 11) is -3.80. The fraction of sp³-hybridized carbons (Fsp3) is 1.00. The largest absolute Gasteiger partial charge is 0.392 e. The van der Waals surface area contributed by atoms with E-state index >= 15 is 0 Å². The van der Waals surface area contributed by atoms with Crippen LogP contribution in [-0.2, 0) is 24.3 Å². The van der Waals surface area contributed by atoms with Gasteiger partial charge in [0, 0.05) is 20.1 Å². The van der Waals surface area contributed by atoms with Crippen molar-refractivity contribution in [2.45, 2.75) is 61.9 Å². The summed E-state index contributed by atoms with van der Waals surface area (Å²) in [5.41, 5.74) is -1.01. The summed E-state index contributed by atoms with van der Waals surface area (Å²) >= 11 is 0. The summed E-state index contributed by atoms with van der Waals surface area (Å²) in [5, 5.41) is -4.30. The molecule has 4 rings (SSSR count). The van der Waals surface area contributed by atoms with E-state index in [9.17, 15) is 17.2 Å². The van der Waals surface area contributed by atoms with Crippen LogP contribution in [0.5, 0.6) is 0 Å². The molecule has 0 radical (unpaired) electrons. The van der Waals surface area contributed by atoms with Crippen molar-refractivity contribution < 1.29 is 36.0 Å². The van der Waals surface area contributed by atoms with E-state index in [1.807, 2.05) is 6.92 Å². The number of alkyl halides is 2. The average molecular weight is 384 g/mol. The number of rotatable bonds is 8. The molecule has 4 fully saturated rings. The van der Waals surface area contributed by atoms with Gasteiger partial charge in [-0.25, -0.2) is 0 Å². The van der Waals surface area contributed by atoms with Crippen molar-refractivity contribution in [1.82, 2.24) is 0 Å². The van der Waals surface area contributed by atoms with Gasteiger partial charge in [-0.05, 0) is 50.4 Å². The maximum Gasteiger partial charge on any atom is 0.392 e. The molecule has 4 aliphatic carbocycles. The van der Waals surface area contributed by atoms with Gasteiger partial charge in [-0.3, -0.25) is 4.55 Å². The minimum Gasteiger partial charge on any atom is -0.378 e. The zero-order valence-corrected chi connectivity index (χ0v) is 15.4. The molecule has 4 unspecified atom stereocenters. The predicted molar refractivity (Wildman–Crippen MR) is 85.0 cm³/mol. The molecule has 0 aromatic heterocycles. The Kier molecular flexibility index (Phi) is 4.73. The lowest BCUT2D eigenvalue weighted by atomic mass is 9.46. The van der Waals surface area contributed by atoms with Crippen LogP contribution < -0.4 is 0 Å². The lowest BCUT2D eigenvalue weighted by molar-refractivity contribution is -0.263. The second-order valence-corrected chi connectivity index (χ2v) is 9.66. The Labute approximate surface area is 146 Å². The molecule has 6 nitrogen and oxygen atoms in total. The molecule has 0 aromatic carbocycles. The highest BCUT2D eigenvalue weighted by Gasteiger charge is 2.64. The summed E-state index contributed by atoms with van der Waals surface area (Å²) in [6.45, 7) is 1.17. The predicted octanol–water partition coefficient (Wildman–Crippen LogP) is 2.63. The van der Waals surface area contributed by atoms with Gasteiger partial charge in [0.1, 0.15) is 6.61 Å². The van der Waals surface area contributed by atoms with E-state index in [0.29, 0.717) is 25.4 Å². The van der Waals surface area contributed by atoms with Gasteiger partial charge in [0.15, 0.2) is 0 Å². The van der Waals surface area contributed by atoms with Crippen LogP contribution in [-0.4, -0.2) is 56.4 Å². The smallest absolute Gasteiger partial charge is 0.378 e. The molecular weight excluding hydrogens is 358 g/mol. The van der Waals surface area contributed by atoms with E-state index < -0.39 is 22.0 Å². The fourth-order valence-corrected chi connectivity index (χ4v) is 6.00. The quantitative estimate of drug-likeness (QED) is 0.648. The monoisotopic (exact) mass is 384 g/mol. The Morgan fingerprint density at radius 2 is 1.80 bits per heavy atom. The first-order chi connectivity index (χ1) is 11.5. The summed E-state index contributed by atoms with van der Waals surface area (Å²) in [5.74, 6) is 0.383. The molecule has 0 aromatic rings. The molecule has 1 N–H and O–H groups in total. The minimum absolute atomic E-state index is 0.00848.